The lowest BCUT2D eigenvalue weighted by Gasteiger charge is -1.98. The van der Waals surface area contributed by atoms with Crippen LogP contribution >= 0.6 is 0 Å². The Kier molecular flexibility index (Phi) is 3.15. The number of hydrogen-bond donors (Lipinski definition) is 0. The molecule has 0 aliphatic rings. The fraction of sp³-hybridized carbons (Fsp3) is 0.118. The number of aromatic nitrogens is 1. The van der Waals surface area contributed by atoms with Gasteiger partial charge in [0.1, 0.15) is 5.69 Å². The van der Waals surface area contributed by atoms with E-state index in [1.54, 1.807) is 0 Å². The Morgan fingerprint density at radius 3 is 2.47 bits per heavy atom. The zero-order valence-corrected chi connectivity index (χ0v) is 10.8. The van der Waals surface area contributed by atoms with Crippen molar-refractivity contribution in [2.24, 2.45) is 0 Å². The number of benzene rings is 2. The molecule has 0 saturated carbocycles. The number of rotatable bonds is 3. The van der Waals surface area contributed by atoms with Crippen molar-refractivity contribution in [1.29, 1.82) is 0 Å². The first-order chi connectivity index (χ1) is 9.36. The maximum Gasteiger partial charge on any atom is 0.167 e. The highest BCUT2D eigenvalue weighted by Crippen LogP contribution is 2.26. The first-order valence-corrected chi connectivity index (χ1v) is 6.48. The predicted octanol–water partition coefficient (Wildman–Crippen LogP) is 4.57. The molecule has 3 rings (SSSR count). The molecule has 3 aromatic rings. The molecule has 0 radical (unpaired) electrons. The van der Waals surface area contributed by atoms with Crippen molar-refractivity contribution in [3.05, 3.63) is 66.2 Å². The lowest BCUT2D eigenvalue weighted by atomic mass is 10.1. The number of aryl methyl sites for hydroxylation is 1. The smallest absolute Gasteiger partial charge is 0.167 e. The average molecular weight is 249 g/mol. The molecule has 0 atom stereocenters. The van der Waals surface area contributed by atoms with Gasteiger partial charge in [-0.3, -0.25) is 0 Å². The van der Waals surface area contributed by atoms with E-state index in [1.165, 1.54) is 5.56 Å². The Hall–Kier alpha value is -2.35. The second-order valence-corrected chi connectivity index (χ2v) is 4.50. The SMILES string of the molecule is CCc1cccc(-c2cc(-c3ccccc3)no2)c1. The first kappa shape index (κ1) is 11.7. The molecule has 1 aromatic heterocycles. The van der Waals surface area contributed by atoms with Gasteiger partial charge >= 0.3 is 0 Å². The molecule has 0 aliphatic carbocycles. The van der Waals surface area contributed by atoms with E-state index in [4.69, 9.17) is 4.52 Å². The van der Waals surface area contributed by atoms with Gasteiger partial charge in [0.15, 0.2) is 5.76 Å². The lowest BCUT2D eigenvalue weighted by molar-refractivity contribution is 0.435. The summed E-state index contributed by atoms with van der Waals surface area (Å²) >= 11 is 0. The molecule has 2 nitrogen and oxygen atoms in total. The van der Waals surface area contributed by atoms with Crippen LogP contribution in [0.5, 0.6) is 0 Å². The van der Waals surface area contributed by atoms with Gasteiger partial charge in [0, 0.05) is 17.2 Å². The first-order valence-electron chi connectivity index (χ1n) is 6.48. The van der Waals surface area contributed by atoms with Gasteiger partial charge in [0.05, 0.1) is 0 Å². The summed E-state index contributed by atoms with van der Waals surface area (Å²) in [4.78, 5) is 0. The van der Waals surface area contributed by atoms with Gasteiger partial charge in [-0.1, -0.05) is 60.6 Å². The third-order valence-corrected chi connectivity index (χ3v) is 3.20. The van der Waals surface area contributed by atoms with Gasteiger partial charge in [0.25, 0.3) is 0 Å². The molecule has 0 amide bonds. The standard InChI is InChI=1S/C17H15NO/c1-2-13-7-6-10-15(11-13)17-12-16(18-19-17)14-8-4-3-5-9-14/h3-12H,2H2,1H3. The summed E-state index contributed by atoms with van der Waals surface area (Å²) in [5, 5.41) is 4.14. The maximum absolute atomic E-state index is 5.45. The Bertz CT molecular complexity index is 670. The van der Waals surface area contributed by atoms with E-state index < -0.39 is 0 Å². The van der Waals surface area contributed by atoms with Crippen LogP contribution in [-0.4, -0.2) is 5.16 Å². The van der Waals surface area contributed by atoms with E-state index in [2.05, 4.69) is 36.3 Å². The molecule has 0 bridgehead atoms. The number of nitrogens with zero attached hydrogens (tertiary/aromatic N) is 1. The van der Waals surface area contributed by atoms with Crippen LogP contribution in [0, 0.1) is 0 Å². The molecule has 2 heteroatoms. The van der Waals surface area contributed by atoms with Crippen LogP contribution in [0.4, 0.5) is 0 Å². The summed E-state index contributed by atoms with van der Waals surface area (Å²) in [5.74, 6) is 0.814. The van der Waals surface area contributed by atoms with Gasteiger partial charge in [-0.2, -0.15) is 0 Å². The maximum atomic E-state index is 5.45. The molecule has 19 heavy (non-hydrogen) atoms. The van der Waals surface area contributed by atoms with Crippen LogP contribution in [0.1, 0.15) is 12.5 Å². The summed E-state index contributed by atoms with van der Waals surface area (Å²) in [6, 6.07) is 20.4. The Labute approximate surface area is 112 Å². The predicted molar refractivity (Wildman–Crippen MR) is 76.8 cm³/mol. The summed E-state index contributed by atoms with van der Waals surface area (Å²) in [7, 11) is 0. The van der Waals surface area contributed by atoms with E-state index in [0.29, 0.717) is 0 Å². The van der Waals surface area contributed by atoms with Crippen LogP contribution in [-0.2, 0) is 6.42 Å². The molecule has 0 unspecified atom stereocenters. The van der Waals surface area contributed by atoms with Crippen molar-refractivity contribution < 1.29 is 4.52 Å². The minimum atomic E-state index is 0.814. The van der Waals surface area contributed by atoms with Crippen LogP contribution in [0.3, 0.4) is 0 Å². The molecule has 0 N–H and O–H groups in total. The van der Waals surface area contributed by atoms with E-state index >= 15 is 0 Å². The minimum absolute atomic E-state index is 0.814. The highest BCUT2D eigenvalue weighted by molar-refractivity contribution is 5.66. The van der Waals surface area contributed by atoms with Crippen LogP contribution in [0.15, 0.2) is 65.2 Å². The molecular formula is C17H15NO. The van der Waals surface area contributed by atoms with Crippen LogP contribution in [0.2, 0.25) is 0 Å². The summed E-state index contributed by atoms with van der Waals surface area (Å²) < 4.78 is 5.45. The molecule has 0 fully saturated rings. The molecule has 2 aromatic carbocycles. The summed E-state index contributed by atoms with van der Waals surface area (Å²) in [6.07, 6.45) is 1.02. The third kappa shape index (κ3) is 2.43. The summed E-state index contributed by atoms with van der Waals surface area (Å²) in [5.41, 5.74) is 4.32. The van der Waals surface area contributed by atoms with Crippen LogP contribution in [0.25, 0.3) is 22.6 Å². The topological polar surface area (TPSA) is 26.0 Å². The Morgan fingerprint density at radius 2 is 1.68 bits per heavy atom. The van der Waals surface area contributed by atoms with Gasteiger partial charge in [-0.15, -0.1) is 0 Å². The molecule has 1 heterocycles. The second kappa shape index (κ2) is 5.11. The fourth-order valence-corrected chi connectivity index (χ4v) is 2.10. The molecule has 0 aliphatic heterocycles. The molecule has 0 saturated heterocycles. The van der Waals surface area contributed by atoms with Crippen molar-refractivity contribution in [3.8, 4) is 22.6 Å². The Morgan fingerprint density at radius 1 is 0.895 bits per heavy atom. The molecule has 0 spiro atoms. The van der Waals surface area contributed by atoms with E-state index in [1.807, 2.05) is 36.4 Å². The van der Waals surface area contributed by atoms with E-state index in [9.17, 15) is 0 Å². The second-order valence-electron chi connectivity index (χ2n) is 4.50. The number of hydrogen-bond acceptors (Lipinski definition) is 2. The quantitative estimate of drug-likeness (QED) is 0.679. The zero-order chi connectivity index (χ0) is 13.1. The Balaban J connectivity index is 1.97. The third-order valence-electron chi connectivity index (χ3n) is 3.20. The average Bonchev–Trinajstić information content (AvgIpc) is 2.98. The molecular weight excluding hydrogens is 234 g/mol. The van der Waals surface area contributed by atoms with E-state index in [0.717, 1.165) is 29.0 Å². The highest BCUT2D eigenvalue weighted by Gasteiger charge is 2.08. The van der Waals surface area contributed by atoms with Gasteiger partial charge < -0.3 is 4.52 Å². The molecule has 94 valence electrons. The van der Waals surface area contributed by atoms with E-state index in [-0.39, 0.29) is 0 Å². The van der Waals surface area contributed by atoms with Gasteiger partial charge in [-0.25, -0.2) is 0 Å². The normalized spacial score (nSPS) is 10.6. The van der Waals surface area contributed by atoms with Gasteiger partial charge in [-0.05, 0) is 18.1 Å². The zero-order valence-electron chi connectivity index (χ0n) is 10.8. The van der Waals surface area contributed by atoms with Crippen molar-refractivity contribution in [2.75, 3.05) is 0 Å². The van der Waals surface area contributed by atoms with Gasteiger partial charge in [0.2, 0.25) is 0 Å². The minimum Gasteiger partial charge on any atom is -0.356 e. The lowest BCUT2D eigenvalue weighted by Crippen LogP contribution is -1.80. The van der Waals surface area contributed by atoms with Crippen molar-refractivity contribution >= 4 is 0 Å². The summed E-state index contributed by atoms with van der Waals surface area (Å²) in [6.45, 7) is 2.15. The fourth-order valence-electron chi connectivity index (χ4n) is 2.10. The highest BCUT2D eigenvalue weighted by atomic mass is 16.5. The monoisotopic (exact) mass is 249 g/mol. The van der Waals surface area contributed by atoms with Crippen molar-refractivity contribution in [2.45, 2.75) is 13.3 Å². The van der Waals surface area contributed by atoms with Crippen molar-refractivity contribution in [3.63, 3.8) is 0 Å². The largest absolute Gasteiger partial charge is 0.356 e. The van der Waals surface area contributed by atoms with Crippen LogP contribution < -0.4 is 0 Å². The van der Waals surface area contributed by atoms with Crippen molar-refractivity contribution in [1.82, 2.24) is 5.16 Å².